The lowest BCUT2D eigenvalue weighted by atomic mass is 10.1. The van der Waals surface area contributed by atoms with Crippen LogP contribution in [0.5, 0.6) is 5.75 Å². The largest absolute Gasteiger partial charge is 0.496 e. The average molecular weight is 504 g/mol. The van der Waals surface area contributed by atoms with Gasteiger partial charge in [-0.1, -0.05) is 24.6 Å². The van der Waals surface area contributed by atoms with Crippen molar-refractivity contribution in [3.8, 4) is 5.75 Å². The fraction of sp³-hybridized carbons (Fsp3) is 0.667. The van der Waals surface area contributed by atoms with Gasteiger partial charge in [0.15, 0.2) is 5.96 Å². The van der Waals surface area contributed by atoms with Gasteiger partial charge in [-0.2, -0.15) is 0 Å². The van der Waals surface area contributed by atoms with E-state index in [0.29, 0.717) is 5.92 Å². The molecule has 2 rings (SSSR count). The van der Waals surface area contributed by atoms with E-state index < -0.39 is 0 Å². The van der Waals surface area contributed by atoms with Crippen LogP contribution in [0.4, 0.5) is 0 Å². The minimum atomic E-state index is 0. The van der Waals surface area contributed by atoms with Crippen molar-refractivity contribution in [1.29, 1.82) is 0 Å². The second kappa shape index (κ2) is 14.0. The van der Waals surface area contributed by atoms with Crippen LogP contribution in [0.3, 0.4) is 0 Å². The molecule has 160 valence electrons. The molecule has 1 aliphatic rings. The first-order valence-corrected chi connectivity index (χ1v) is 10.1. The predicted octanol–water partition coefficient (Wildman–Crippen LogP) is 2.69. The number of halogens is 1. The van der Waals surface area contributed by atoms with Gasteiger partial charge in [0.2, 0.25) is 0 Å². The van der Waals surface area contributed by atoms with E-state index in [0.717, 1.165) is 70.6 Å². The van der Waals surface area contributed by atoms with E-state index in [1.165, 1.54) is 11.1 Å². The maximum Gasteiger partial charge on any atom is 0.191 e. The van der Waals surface area contributed by atoms with Gasteiger partial charge >= 0.3 is 0 Å². The van der Waals surface area contributed by atoms with Crippen molar-refractivity contribution in [3.05, 3.63) is 29.3 Å². The molecule has 7 heteroatoms. The number of nitrogens with one attached hydrogen (secondary N) is 2. The quantitative estimate of drug-likeness (QED) is 0.308. The minimum Gasteiger partial charge on any atom is -0.496 e. The summed E-state index contributed by atoms with van der Waals surface area (Å²) >= 11 is 0. The van der Waals surface area contributed by atoms with E-state index in [2.05, 4.69) is 48.4 Å². The Morgan fingerprint density at radius 1 is 1.29 bits per heavy atom. The molecular formula is C21H37IN4O2. The normalized spacial score (nSPS) is 16.2. The van der Waals surface area contributed by atoms with Gasteiger partial charge in [-0.05, 0) is 37.8 Å². The number of hydrogen-bond acceptors (Lipinski definition) is 4. The molecule has 1 aromatic carbocycles. The highest BCUT2D eigenvalue weighted by Crippen LogP contribution is 2.19. The smallest absolute Gasteiger partial charge is 0.191 e. The van der Waals surface area contributed by atoms with E-state index in [1.54, 1.807) is 7.11 Å². The molecule has 0 radical (unpaired) electrons. The molecule has 0 saturated carbocycles. The van der Waals surface area contributed by atoms with Gasteiger partial charge in [0.1, 0.15) is 5.75 Å². The fourth-order valence-corrected chi connectivity index (χ4v) is 3.29. The fourth-order valence-electron chi connectivity index (χ4n) is 3.29. The number of benzene rings is 1. The first-order chi connectivity index (χ1) is 13.1. The molecule has 1 fully saturated rings. The van der Waals surface area contributed by atoms with Gasteiger partial charge in [-0.15, -0.1) is 24.0 Å². The van der Waals surface area contributed by atoms with Crippen LogP contribution in [0.2, 0.25) is 0 Å². The zero-order chi connectivity index (χ0) is 19.5. The molecule has 2 N–H and O–H groups in total. The molecule has 0 amide bonds. The van der Waals surface area contributed by atoms with Gasteiger partial charge < -0.3 is 20.1 Å². The number of hydrogen-bond donors (Lipinski definition) is 2. The number of guanidine groups is 1. The molecular weight excluding hydrogens is 467 g/mol. The highest BCUT2D eigenvalue weighted by atomic mass is 127. The standard InChI is InChI=1S/C21H36N4O2.HI/c1-5-22-21(24-15-18(3)16-25-10-12-27-13-11-25)23-9-8-19-14-17(2)6-7-20(19)26-4;/h6-7,14,18H,5,8-13,15-16H2,1-4H3,(H2,22,23,24);1H. The molecule has 1 saturated heterocycles. The lowest BCUT2D eigenvalue weighted by Crippen LogP contribution is -2.40. The molecule has 0 aliphatic carbocycles. The maximum absolute atomic E-state index is 5.47. The second-order valence-corrected chi connectivity index (χ2v) is 7.23. The number of rotatable bonds is 9. The van der Waals surface area contributed by atoms with E-state index in [9.17, 15) is 0 Å². The molecule has 1 atom stereocenters. The lowest BCUT2D eigenvalue weighted by Gasteiger charge is -2.28. The molecule has 6 nitrogen and oxygen atoms in total. The van der Waals surface area contributed by atoms with Crippen molar-refractivity contribution in [2.45, 2.75) is 27.2 Å². The number of ether oxygens (including phenoxy) is 2. The Bertz CT molecular complexity index is 592. The number of aliphatic imine (C=N–C) groups is 1. The van der Waals surface area contributed by atoms with Gasteiger partial charge in [0, 0.05) is 39.3 Å². The maximum atomic E-state index is 5.47. The molecule has 1 aliphatic heterocycles. The van der Waals surface area contributed by atoms with Gasteiger partial charge in [-0.25, -0.2) is 0 Å². The summed E-state index contributed by atoms with van der Waals surface area (Å²) in [6.45, 7) is 13.8. The monoisotopic (exact) mass is 504 g/mol. The molecule has 0 spiro atoms. The zero-order valence-electron chi connectivity index (χ0n) is 17.8. The van der Waals surface area contributed by atoms with Gasteiger partial charge in [0.05, 0.1) is 20.3 Å². The summed E-state index contributed by atoms with van der Waals surface area (Å²) in [5.74, 6) is 2.36. The summed E-state index contributed by atoms with van der Waals surface area (Å²) in [7, 11) is 1.73. The third kappa shape index (κ3) is 8.96. The summed E-state index contributed by atoms with van der Waals surface area (Å²) in [6, 6.07) is 6.31. The van der Waals surface area contributed by atoms with Crippen LogP contribution >= 0.6 is 24.0 Å². The molecule has 1 unspecified atom stereocenters. The van der Waals surface area contributed by atoms with E-state index >= 15 is 0 Å². The molecule has 1 heterocycles. The van der Waals surface area contributed by atoms with Crippen LogP contribution in [0.1, 0.15) is 25.0 Å². The van der Waals surface area contributed by atoms with E-state index in [4.69, 9.17) is 14.5 Å². The van der Waals surface area contributed by atoms with Crippen molar-refractivity contribution in [2.75, 3.05) is 59.6 Å². The summed E-state index contributed by atoms with van der Waals surface area (Å²) in [5, 5.41) is 6.79. The van der Waals surface area contributed by atoms with Crippen molar-refractivity contribution in [3.63, 3.8) is 0 Å². The first kappa shape index (κ1) is 25.0. The third-order valence-corrected chi connectivity index (χ3v) is 4.70. The van der Waals surface area contributed by atoms with Crippen LogP contribution in [-0.2, 0) is 11.2 Å². The van der Waals surface area contributed by atoms with Crippen LogP contribution in [0.15, 0.2) is 23.2 Å². The number of morpholine rings is 1. The number of methoxy groups -OCH3 is 1. The van der Waals surface area contributed by atoms with Crippen LogP contribution in [0.25, 0.3) is 0 Å². The Kier molecular flexibility index (Phi) is 12.5. The van der Waals surface area contributed by atoms with Crippen LogP contribution in [-0.4, -0.2) is 70.5 Å². The first-order valence-electron chi connectivity index (χ1n) is 10.1. The van der Waals surface area contributed by atoms with Crippen LogP contribution in [0, 0.1) is 12.8 Å². The average Bonchev–Trinajstić information content (AvgIpc) is 2.67. The Morgan fingerprint density at radius 3 is 2.71 bits per heavy atom. The number of aryl methyl sites for hydroxylation is 1. The summed E-state index contributed by atoms with van der Waals surface area (Å²) in [5.41, 5.74) is 2.48. The van der Waals surface area contributed by atoms with Crippen molar-refractivity contribution < 1.29 is 9.47 Å². The topological polar surface area (TPSA) is 58.1 Å². The second-order valence-electron chi connectivity index (χ2n) is 7.23. The van der Waals surface area contributed by atoms with Crippen molar-refractivity contribution in [1.82, 2.24) is 15.5 Å². The van der Waals surface area contributed by atoms with E-state index in [-0.39, 0.29) is 24.0 Å². The van der Waals surface area contributed by atoms with E-state index in [1.807, 2.05) is 6.07 Å². The van der Waals surface area contributed by atoms with Crippen molar-refractivity contribution in [2.24, 2.45) is 10.9 Å². The molecule has 0 aromatic heterocycles. The Hall–Kier alpha value is -1.06. The lowest BCUT2D eigenvalue weighted by molar-refractivity contribution is 0.0323. The minimum absolute atomic E-state index is 0. The Balaban J connectivity index is 0.00000392. The Labute approximate surface area is 187 Å². The molecule has 0 bridgehead atoms. The van der Waals surface area contributed by atoms with Gasteiger partial charge in [0.25, 0.3) is 0 Å². The van der Waals surface area contributed by atoms with Gasteiger partial charge in [-0.3, -0.25) is 9.89 Å². The Morgan fingerprint density at radius 2 is 2.04 bits per heavy atom. The summed E-state index contributed by atoms with van der Waals surface area (Å²) in [4.78, 5) is 7.24. The predicted molar refractivity (Wildman–Crippen MR) is 127 cm³/mol. The number of nitrogens with zero attached hydrogens (tertiary/aromatic N) is 2. The SMILES string of the molecule is CCNC(=NCC(C)CN1CCOCC1)NCCc1cc(C)ccc1OC.I. The third-order valence-electron chi connectivity index (χ3n) is 4.70. The van der Waals surface area contributed by atoms with Crippen LogP contribution < -0.4 is 15.4 Å². The van der Waals surface area contributed by atoms with Crippen molar-refractivity contribution >= 4 is 29.9 Å². The highest BCUT2D eigenvalue weighted by Gasteiger charge is 2.13. The zero-order valence-corrected chi connectivity index (χ0v) is 20.1. The summed E-state index contributed by atoms with van der Waals surface area (Å²) < 4.78 is 10.9. The molecule has 1 aromatic rings. The molecule has 28 heavy (non-hydrogen) atoms. The highest BCUT2D eigenvalue weighted by molar-refractivity contribution is 14.0. The summed E-state index contributed by atoms with van der Waals surface area (Å²) in [6.07, 6.45) is 0.901.